The molecule has 10 aromatic rings. The van der Waals surface area contributed by atoms with Gasteiger partial charge in [-0.3, -0.25) is 0 Å². The Morgan fingerprint density at radius 3 is 1.40 bits per heavy atom. The monoisotopic (exact) mass is 757 g/mol. The molecule has 10 rings (SSSR count). The number of aromatic nitrogens is 2. The number of nitriles is 1. The molecular weight excluding hydrogens is 724 g/mol. The first-order chi connectivity index (χ1) is 28.2. The number of para-hydroxylation sites is 2. The van der Waals surface area contributed by atoms with Gasteiger partial charge in [0.1, 0.15) is 0 Å². The van der Waals surface area contributed by atoms with Gasteiger partial charge < -0.3 is 9.13 Å². The number of nitrogens with zero attached hydrogens (tertiary/aromatic N) is 3. The van der Waals surface area contributed by atoms with Crippen molar-refractivity contribution in [3.05, 3.63) is 192 Å². The number of alkyl halides is 3. The molecular formula is C52H34F3N3. The van der Waals surface area contributed by atoms with Gasteiger partial charge in [-0.1, -0.05) is 109 Å². The second-order valence-electron chi connectivity index (χ2n) is 14.9. The highest BCUT2D eigenvalue weighted by Gasteiger charge is 2.32. The molecule has 0 spiro atoms. The van der Waals surface area contributed by atoms with Crippen LogP contribution in [0.2, 0.25) is 0 Å². The normalized spacial score (nSPS) is 11.9. The molecule has 0 aliphatic carbocycles. The Kier molecular flexibility index (Phi) is 8.10. The number of halogens is 3. The number of hydrogen-bond donors (Lipinski definition) is 0. The van der Waals surface area contributed by atoms with Crippen LogP contribution in [-0.4, -0.2) is 9.13 Å². The fourth-order valence-corrected chi connectivity index (χ4v) is 8.77. The molecule has 0 aliphatic rings. The first-order valence-electron chi connectivity index (χ1n) is 19.1. The molecule has 6 heteroatoms. The summed E-state index contributed by atoms with van der Waals surface area (Å²) in [5, 5.41) is 14.7. The fraction of sp³-hybridized carbons (Fsp3) is 0.0577. The summed E-state index contributed by atoms with van der Waals surface area (Å²) in [7, 11) is 0. The van der Waals surface area contributed by atoms with Crippen LogP contribution in [0.3, 0.4) is 0 Å². The van der Waals surface area contributed by atoms with Gasteiger partial charge in [0.15, 0.2) is 0 Å². The van der Waals surface area contributed by atoms with Crippen molar-refractivity contribution in [3.63, 3.8) is 0 Å². The van der Waals surface area contributed by atoms with Crippen LogP contribution in [-0.2, 0) is 6.18 Å². The van der Waals surface area contributed by atoms with Crippen LogP contribution in [0.1, 0.15) is 22.3 Å². The van der Waals surface area contributed by atoms with Crippen LogP contribution in [0, 0.1) is 25.2 Å². The molecule has 0 bridgehead atoms. The Labute approximate surface area is 333 Å². The average Bonchev–Trinajstić information content (AvgIpc) is 3.75. The molecule has 0 fully saturated rings. The van der Waals surface area contributed by atoms with Gasteiger partial charge in [-0.05, 0) is 113 Å². The van der Waals surface area contributed by atoms with E-state index in [4.69, 9.17) is 0 Å². The quantitative estimate of drug-likeness (QED) is 0.172. The number of hydrogen-bond acceptors (Lipinski definition) is 1. The molecule has 0 aliphatic heterocycles. The summed E-state index contributed by atoms with van der Waals surface area (Å²) in [6, 6.07) is 57.0. The van der Waals surface area contributed by atoms with Crippen molar-refractivity contribution in [1.29, 1.82) is 5.26 Å². The minimum Gasteiger partial charge on any atom is -0.308 e. The lowest BCUT2D eigenvalue weighted by molar-refractivity contribution is -0.137. The van der Waals surface area contributed by atoms with Crippen LogP contribution in [0.4, 0.5) is 13.2 Å². The lowest BCUT2D eigenvalue weighted by atomic mass is 9.96. The molecule has 0 atom stereocenters. The van der Waals surface area contributed by atoms with Crippen LogP contribution in [0.5, 0.6) is 0 Å². The Balaban J connectivity index is 1.34. The zero-order chi connectivity index (χ0) is 39.7. The van der Waals surface area contributed by atoms with E-state index >= 15 is 0 Å². The molecule has 0 amide bonds. The molecule has 58 heavy (non-hydrogen) atoms. The molecule has 3 nitrogen and oxygen atoms in total. The number of rotatable bonds is 5. The van der Waals surface area contributed by atoms with E-state index in [0.717, 1.165) is 83.1 Å². The predicted molar refractivity (Wildman–Crippen MR) is 231 cm³/mol. The Morgan fingerprint density at radius 1 is 0.448 bits per heavy atom. The van der Waals surface area contributed by atoms with Crippen molar-refractivity contribution in [2.75, 3.05) is 0 Å². The summed E-state index contributed by atoms with van der Waals surface area (Å²) in [5.41, 5.74) is 12.0. The van der Waals surface area contributed by atoms with Gasteiger partial charge >= 0.3 is 6.18 Å². The molecule has 8 aromatic carbocycles. The minimum atomic E-state index is -4.57. The number of benzene rings is 8. The maximum atomic E-state index is 14.5. The van der Waals surface area contributed by atoms with E-state index in [1.165, 1.54) is 12.1 Å². The largest absolute Gasteiger partial charge is 0.416 e. The van der Waals surface area contributed by atoms with Crippen molar-refractivity contribution in [2.45, 2.75) is 20.0 Å². The summed E-state index contributed by atoms with van der Waals surface area (Å²) in [4.78, 5) is 0. The van der Waals surface area contributed by atoms with Crippen molar-refractivity contribution < 1.29 is 13.2 Å². The predicted octanol–water partition coefficient (Wildman–Crippen LogP) is 14.4. The third-order valence-electron chi connectivity index (χ3n) is 11.4. The average molecular weight is 758 g/mol. The molecule has 278 valence electrons. The summed E-state index contributed by atoms with van der Waals surface area (Å²) >= 11 is 0. The molecule has 0 N–H and O–H groups in total. The van der Waals surface area contributed by atoms with Crippen LogP contribution >= 0.6 is 0 Å². The smallest absolute Gasteiger partial charge is 0.308 e. The van der Waals surface area contributed by atoms with Crippen molar-refractivity contribution >= 4 is 43.6 Å². The first-order valence-corrected chi connectivity index (χ1v) is 19.1. The summed E-state index contributed by atoms with van der Waals surface area (Å²) in [6.45, 7) is 4.19. The van der Waals surface area contributed by atoms with Crippen molar-refractivity contribution in [2.24, 2.45) is 0 Å². The van der Waals surface area contributed by atoms with Crippen molar-refractivity contribution in [3.8, 4) is 50.8 Å². The first kappa shape index (κ1) is 35.1. The highest BCUT2D eigenvalue weighted by molar-refractivity contribution is 6.13. The minimum absolute atomic E-state index is 0.380. The second-order valence-corrected chi connectivity index (χ2v) is 14.9. The standard InChI is InChI=1S/C52H34F3N3/c1-32-12-3-5-16-39(32)35-22-24-47-43(29-35)41-18-7-9-20-45(41)57(47)49-26-34(31-56)27-50(51(49)37-14-11-15-38(28-37)52(53,54)55)58-46-21-10-8-19-42(46)44-30-36(23-25-48(44)58)40-17-6-4-13-33(40)2/h3-30H,1-2H3. The molecule has 2 heterocycles. The van der Waals surface area contributed by atoms with Crippen LogP contribution < -0.4 is 0 Å². The van der Waals surface area contributed by atoms with Gasteiger partial charge in [0.2, 0.25) is 0 Å². The lowest BCUT2D eigenvalue weighted by Crippen LogP contribution is -2.07. The highest BCUT2D eigenvalue weighted by Crippen LogP contribution is 2.45. The van der Waals surface area contributed by atoms with E-state index in [-0.39, 0.29) is 0 Å². The van der Waals surface area contributed by atoms with E-state index in [0.29, 0.717) is 28.1 Å². The molecule has 2 aromatic heterocycles. The highest BCUT2D eigenvalue weighted by atomic mass is 19.4. The number of fused-ring (bicyclic) bond motifs is 6. The van der Waals surface area contributed by atoms with Crippen LogP contribution in [0.15, 0.2) is 170 Å². The molecule has 0 saturated heterocycles. The van der Waals surface area contributed by atoms with E-state index in [2.05, 4.69) is 102 Å². The maximum Gasteiger partial charge on any atom is 0.416 e. The van der Waals surface area contributed by atoms with E-state index in [9.17, 15) is 18.4 Å². The summed E-state index contributed by atoms with van der Waals surface area (Å²) < 4.78 is 47.8. The second kappa shape index (κ2) is 13.4. The third kappa shape index (κ3) is 5.58. The van der Waals surface area contributed by atoms with Gasteiger partial charge in [-0.25, -0.2) is 0 Å². The lowest BCUT2D eigenvalue weighted by Gasteiger charge is -2.21. The van der Waals surface area contributed by atoms with Gasteiger partial charge in [-0.15, -0.1) is 0 Å². The van der Waals surface area contributed by atoms with Crippen LogP contribution in [0.25, 0.3) is 88.4 Å². The van der Waals surface area contributed by atoms with E-state index < -0.39 is 11.7 Å². The van der Waals surface area contributed by atoms with Gasteiger partial charge in [0.25, 0.3) is 0 Å². The molecule has 0 radical (unpaired) electrons. The van der Waals surface area contributed by atoms with Gasteiger partial charge in [0, 0.05) is 27.1 Å². The zero-order valence-corrected chi connectivity index (χ0v) is 31.6. The Bertz CT molecular complexity index is 3140. The molecule has 0 unspecified atom stereocenters. The third-order valence-corrected chi connectivity index (χ3v) is 11.4. The fourth-order valence-electron chi connectivity index (χ4n) is 8.77. The summed E-state index contributed by atoms with van der Waals surface area (Å²) in [6.07, 6.45) is -4.57. The Morgan fingerprint density at radius 2 is 0.914 bits per heavy atom. The van der Waals surface area contributed by atoms with Gasteiger partial charge in [-0.2, -0.15) is 18.4 Å². The Hall–Kier alpha value is -7.36. The SMILES string of the molecule is Cc1ccccc1-c1ccc2c(c1)c1ccccc1n2-c1cc(C#N)cc(-n2c3ccccc3c3cc(-c4ccccc4C)ccc32)c1-c1cccc(C(F)(F)F)c1. The van der Waals surface area contributed by atoms with E-state index in [1.807, 2.05) is 72.8 Å². The topological polar surface area (TPSA) is 33.6 Å². The van der Waals surface area contributed by atoms with Crippen molar-refractivity contribution in [1.82, 2.24) is 9.13 Å². The van der Waals surface area contributed by atoms with Gasteiger partial charge in [0.05, 0.1) is 50.6 Å². The number of aryl methyl sites for hydroxylation is 2. The summed E-state index contributed by atoms with van der Waals surface area (Å²) in [5.74, 6) is 0. The maximum absolute atomic E-state index is 14.5. The molecule has 0 saturated carbocycles. The zero-order valence-electron chi connectivity index (χ0n) is 31.6. The van der Waals surface area contributed by atoms with E-state index in [1.54, 1.807) is 6.07 Å².